The number of nitrogens with zero attached hydrogens (tertiary/aromatic N) is 2. The summed E-state index contributed by atoms with van der Waals surface area (Å²) >= 11 is 0. The molecule has 5 aromatic rings. The second kappa shape index (κ2) is 8.85. The van der Waals surface area contributed by atoms with Crippen molar-refractivity contribution < 1.29 is 22.7 Å². The minimum atomic E-state index is -4.14. The van der Waals surface area contributed by atoms with Crippen LogP contribution in [0, 0.1) is 6.92 Å². The van der Waals surface area contributed by atoms with Gasteiger partial charge in [0.1, 0.15) is 0 Å². The number of esters is 1. The Morgan fingerprint density at radius 1 is 0.947 bits per heavy atom. The van der Waals surface area contributed by atoms with Crippen LogP contribution >= 0.6 is 0 Å². The van der Waals surface area contributed by atoms with Crippen molar-refractivity contribution in [2.24, 2.45) is 0 Å². The fraction of sp³-hybridized carbons (Fsp3) is 0.133. The largest absolute Gasteiger partial charge is 0.465 e. The molecular weight excluding hydrogens is 500 g/mol. The summed E-state index contributed by atoms with van der Waals surface area (Å²) in [6.07, 6.45) is 0. The highest BCUT2D eigenvalue weighted by molar-refractivity contribution is 7.90. The van der Waals surface area contributed by atoms with E-state index >= 15 is 0 Å². The first-order valence-corrected chi connectivity index (χ1v) is 13.6. The molecule has 0 spiro atoms. The highest BCUT2D eigenvalue weighted by Crippen LogP contribution is 2.41. The molecule has 4 aromatic carbocycles. The second-order valence-electron chi connectivity index (χ2n) is 9.42. The monoisotopic (exact) mass is 524 g/mol. The number of para-hydroxylation sites is 1. The third-order valence-electron chi connectivity index (χ3n) is 7.02. The predicted octanol–water partition coefficient (Wildman–Crippen LogP) is 5.28. The SMILES string of the molecule is COC(=O)c1cc2c(c3c4ccccc4n(S(=O)(=O)c4ccc(C)cc4)c13)C(=O)N(Cc1ccccc1)C2. The quantitative estimate of drug-likeness (QED) is 0.292. The molecular formula is C30H24N2O5S. The van der Waals surface area contributed by atoms with Crippen LogP contribution in [0.4, 0.5) is 0 Å². The van der Waals surface area contributed by atoms with Crippen LogP contribution in [0.5, 0.6) is 0 Å². The molecule has 0 bridgehead atoms. The van der Waals surface area contributed by atoms with Gasteiger partial charge in [0.15, 0.2) is 0 Å². The normalized spacial score (nSPS) is 13.3. The van der Waals surface area contributed by atoms with Crippen molar-refractivity contribution in [2.45, 2.75) is 24.9 Å². The van der Waals surface area contributed by atoms with Crippen LogP contribution in [-0.2, 0) is 27.8 Å². The third-order valence-corrected chi connectivity index (χ3v) is 8.75. The molecule has 1 amide bonds. The molecule has 0 N–H and O–H groups in total. The molecule has 38 heavy (non-hydrogen) atoms. The van der Waals surface area contributed by atoms with E-state index in [0.29, 0.717) is 40.5 Å². The summed E-state index contributed by atoms with van der Waals surface area (Å²) < 4.78 is 34.5. The molecule has 0 atom stereocenters. The van der Waals surface area contributed by atoms with E-state index in [1.54, 1.807) is 59.5 Å². The van der Waals surface area contributed by atoms with Gasteiger partial charge in [-0.1, -0.05) is 66.2 Å². The van der Waals surface area contributed by atoms with Crippen molar-refractivity contribution in [1.29, 1.82) is 0 Å². The van der Waals surface area contributed by atoms with E-state index < -0.39 is 16.0 Å². The fourth-order valence-corrected chi connectivity index (χ4v) is 6.79. The lowest BCUT2D eigenvalue weighted by molar-refractivity contribution is 0.0602. The van der Waals surface area contributed by atoms with Crippen LogP contribution < -0.4 is 0 Å². The van der Waals surface area contributed by atoms with Crippen molar-refractivity contribution >= 4 is 43.7 Å². The van der Waals surface area contributed by atoms with E-state index in [2.05, 4.69) is 0 Å². The fourth-order valence-electron chi connectivity index (χ4n) is 5.25. The molecule has 2 heterocycles. The van der Waals surface area contributed by atoms with E-state index in [9.17, 15) is 18.0 Å². The van der Waals surface area contributed by atoms with Gasteiger partial charge in [-0.2, -0.15) is 0 Å². The Hall–Kier alpha value is -4.43. The van der Waals surface area contributed by atoms with Gasteiger partial charge in [-0.25, -0.2) is 17.2 Å². The van der Waals surface area contributed by atoms with Crippen molar-refractivity contribution in [2.75, 3.05) is 7.11 Å². The Morgan fingerprint density at radius 3 is 2.34 bits per heavy atom. The topological polar surface area (TPSA) is 85.7 Å². The molecule has 7 nitrogen and oxygen atoms in total. The Morgan fingerprint density at radius 2 is 1.63 bits per heavy atom. The summed E-state index contributed by atoms with van der Waals surface area (Å²) in [5.41, 5.74) is 3.60. The molecule has 0 saturated carbocycles. The smallest absolute Gasteiger partial charge is 0.340 e. The summed E-state index contributed by atoms with van der Waals surface area (Å²) in [5.74, 6) is -0.879. The maximum absolute atomic E-state index is 14.1. The number of benzene rings is 4. The molecule has 0 aliphatic carbocycles. The zero-order valence-corrected chi connectivity index (χ0v) is 21.7. The number of carbonyl (C=O) groups excluding carboxylic acids is 2. The number of ether oxygens (including phenoxy) is 1. The number of hydrogen-bond donors (Lipinski definition) is 0. The van der Waals surface area contributed by atoms with Crippen LogP contribution in [0.2, 0.25) is 0 Å². The van der Waals surface area contributed by atoms with Gasteiger partial charge >= 0.3 is 5.97 Å². The van der Waals surface area contributed by atoms with Gasteiger partial charge in [0.25, 0.3) is 15.9 Å². The van der Waals surface area contributed by atoms with Gasteiger partial charge in [-0.05, 0) is 42.3 Å². The molecule has 8 heteroatoms. The number of hydrogen-bond acceptors (Lipinski definition) is 5. The zero-order valence-electron chi connectivity index (χ0n) is 20.8. The van der Waals surface area contributed by atoms with Gasteiger partial charge in [-0.15, -0.1) is 0 Å². The summed E-state index contributed by atoms with van der Waals surface area (Å²) in [4.78, 5) is 28.7. The van der Waals surface area contributed by atoms with E-state index in [1.807, 2.05) is 37.3 Å². The Kier molecular flexibility index (Phi) is 5.57. The standard InChI is InChI=1S/C30H24N2O5S/c1-19-12-14-22(15-13-19)38(35,36)32-25-11-7-6-10-23(25)27-26-21(16-24(28(27)32)30(34)37-2)18-31(29(26)33)17-20-8-4-3-5-9-20/h3-16H,17-18H2,1-2H3. The highest BCUT2D eigenvalue weighted by Gasteiger charge is 2.36. The lowest BCUT2D eigenvalue weighted by atomic mass is 9.98. The summed E-state index contributed by atoms with van der Waals surface area (Å²) in [7, 11) is -2.88. The number of carbonyl (C=O) groups is 2. The molecule has 0 unspecified atom stereocenters. The first-order chi connectivity index (χ1) is 18.3. The van der Waals surface area contributed by atoms with Crippen molar-refractivity contribution in [3.05, 3.63) is 113 Å². The summed E-state index contributed by atoms with van der Waals surface area (Å²) in [5, 5.41) is 1.02. The van der Waals surface area contributed by atoms with Crippen molar-refractivity contribution in [1.82, 2.24) is 8.87 Å². The summed E-state index contributed by atoms with van der Waals surface area (Å²) in [6, 6.07) is 24.8. The van der Waals surface area contributed by atoms with Crippen LogP contribution in [0.1, 0.15) is 37.4 Å². The van der Waals surface area contributed by atoms with Crippen LogP contribution in [0.25, 0.3) is 21.8 Å². The first-order valence-electron chi connectivity index (χ1n) is 12.1. The zero-order chi connectivity index (χ0) is 26.6. The number of amides is 1. The maximum atomic E-state index is 14.1. The Labute approximate surface area is 219 Å². The maximum Gasteiger partial charge on any atom is 0.340 e. The highest BCUT2D eigenvalue weighted by atomic mass is 32.2. The van der Waals surface area contributed by atoms with E-state index in [1.165, 1.54) is 11.1 Å². The molecule has 1 aliphatic rings. The van der Waals surface area contributed by atoms with Crippen molar-refractivity contribution in [3.8, 4) is 0 Å². The van der Waals surface area contributed by atoms with Crippen LogP contribution in [-0.4, -0.2) is 36.3 Å². The van der Waals surface area contributed by atoms with E-state index in [4.69, 9.17) is 4.74 Å². The lowest BCUT2D eigenvalue weighted by Gasteiger charge is -2.15. The molecule has 190 valence electrons. The Balaban J connectivity index is 1.67. The molecule has 0 radical (unpaired) electrons. The van der Waals surface area contributed by atoms with Crippen LogP contribution in [0.15, 0.2) is 89.8 Å². The molecule has 1 aromatic heterocycles. The van der Waals surface area contributed by atoms with Gasteiger partial charge < -0.3 is 9.64 Å². The van der Waals surface area contributed by atoms with E-state index in [0.717, 1.165) is 11.1 Å². The van der Waals surface area contributed by atoms with Gasteiger partial charge in [0, 0.05) is 23.9 Å². The molecule has 1 aliphatic heterocycles. The molecule has 0 saturated heterocycles. The lowest BCUT2D eigenvalue weighted by Crippen LogP contribution is -2.23. The minimum absolute atomic E-state index is 0.0825. The number of aromatic nitrogens is 1. The minimum Gasteiger partial charge on any atom is -0.465 e. The average molecular weight is 525 g/mol. The van der Waals surface area contributed by atoms with E-state index in [-0.39, 0.29) is 21.9 Å². The van der Waals surface area contributed by atoms with Gasteiger partial charge in [0.2, 0.25) is 0 Å². The van der Waals surface area contributed by atoms with Crippen molar-refractivity contribution in [3.63, 3.8) is 0 Å². The predicted molar refractivity (Wildman–Crippen MR) is 145 cm³/mol. The third kappa shape index (κ3) is 3.60. The van der Waals surface area contributed by atoms with Crippen LogP contribution in [0.3, 0.4) is 0 Å². The first kappa shape index (κ1) is 23.9. The van der Waals surface area contributed by atoms with Gasteiger partial charge in [0.05, 0.1) is 34.2 Å². The Bertz CT molecular complexity index is 1860. The second-order valence-corrected chi connectivity index (χ2v) is 11.2. The molecule has 6 rings (SSSR count). The number of methoxy groups -OCH3 is 1. The summed E-state index contributed by atoms with van der Waals surface area (Å²) in [6.45, 7) is 2.57. The number of fused-ring (bicyclic) bond motifs is 5. The number of rotatable bonds is 5. The van der Waals surface area contributed by atoms with Gasteiger partial charge in [-0.3, -0.25) is 4.79 Å². The average Bonchev–Trinajstić information content (AvgIpc) is 3.43. The number of aryl methyl sites for hydroxylation is 1. The molecule has 0 fully saturated rings.